The maximum absolute atomic E-state index is 12.2. The fourth-order valence-electron chi connectivity index (χ4n) is 2.24. The molecular weight excluding hydrogens is 379 g/mol. The van der Waals surface area contributed by atoms with E-state index in [9.17, 15) is 4.79 Å². The fraction of sp³-hybridized carbons (Fsp3) is 0.118. The first-order chi connectivity index (χ1) is 12.0. The molecule has 3 rings (SSSR count). The van der Waals surface area contributed by atoms with Gasteiger partial charge in [-0.05, 0) is 43.3 Å². The lowest BCUT2D eigenvalue weighted by molar-refractivity contribution is -0.113. The highest BCUT2D eigenvalue weighted by atomic mass is 35.5. The zero-order chi connectivity index (χ0) is 17.8. The molecule has 0 aliphatic carbocycles. The molecule has 0 saturated heterocycles. The molecule has 1 amide bonds. The van der Waals surface area contributed by atoms with Crippen LogP contribution in [0, 0.1) is 6.92 Å². The minimum Gasteiger partial charge on any atom is -0.325 e. The van der Waals surface area contributed by atoms with Crippen molar-refractivity contribution in [3.05, 3.63) is 64.4 Å². The average molecular weight is 393 g/mol. The number of nitrogens with one attached hydrogen (secondary N) is 1. The van der Waals surface area contributed by atoms with Gasteiger partial charge in [0.25, 0.3) is 0 Å². The van der Waals surface area contributed by atoms with Crippen molar-refractivity contribution in [2.75, 3.05) is 11.1 Å². The van der Waals surface area contributed by atoms with Gasteiger partial charge >= 0.3 is 0 Å². The van der Waals surface area contributed by atoms with Gasteiger partial charge < -0.3 is 5.32 Å². The van der Waals surface area contributed by atoms with E-state index < -0.39 is 0 Å². The van der Waals surface area contributed by atoms with E-state index in [0.29, 0.717) is 20.9 Å². The van der Waals surface area contributed by atoms with Gasteiger partial charge in [-0.25, -0.2) is 0 Å². The van der Waals surface area contributed by atoms with Crippen molar-refractivity contribution in [2.45, 2.75) is 12.1 Å². The van der Waals surface area contributed by atoms with Gasteiger partial charge in [-0.15, -0.1) is 10.2 Å². The van der Waals surface area contributed by atoms with E-state index in [4.69, 9.17) is 23.2 Å². The maximum atomic E-state index is 12.2. The molecule has 0 aliphatic heterocycles. The Morgan fingerprint density at radius 1 is 1.12 bits per heavy atom. The third-order valence-electron chi connectivity index (χ3n) is 3.30. The Morgan fingerprint density at radius 3 is 2.56 bits per heavy atom. The number of halogens is 2. The van der Waals surface area contributed by atoms with Gasteiger partial charge in [0.2, 0.25) is 5.91 Å². The van der Waals surface area contributed by atoms with Crippen LogP contribution in [0.2, 0.25) is 10.0 Å². The molecule has 0 fully saturated rings. The van der Waals surface area contributed by atoms with Crippen LogP contribution in [0.1, 0.15) is 5.82 Å². The smallest absolute Gasteiger partial charge is 0.234 e. The number of anilines is 1. The fourth-order valence-corrected chi connectivity index (χ4v) is 3.41. The summed E-state index contributed by atoms with van der Waals surface area (Å²) in [7, 11) is 0. The van der Waals surface area contributed by atoms with E-state index in [2.05, 4.69) is 15.5 Å². The molecule has 1 aromatic heterocycles. The molecule has 0 spiro atoms. The maximum Gasteiger partial charge on any atom is 0.234 e. The van der Waals surface area contributed by atoms with Crippen LogP contribution in [0.3, 0.4) is 0 Å². The van der Waals surface area contributed by atoms with Gasteiger partial charge in [0.1, 0.15) is 5.82 Å². The summed E-state index contributed by atoms with van der Waals surface area (Å²) in [5.74, 6) is 0.774. The number of aromatic nitrogens is 3. The van der Waals surface area contributed by atoms with E-state index in [1.807, 2.05) is 29.7 Å². The van der Waals surface area contributed by atoms with E-state index >= 15 is 0 Å². The minimum atomic E-state index is -0.148. The predicted octanol–water partition coefficient (Wildman–Crippen LogP) is 4.61. The Morgan fingerprint density at radius 2 is 1.84 bits per heavy atom. The topological polar surface area (TPSA) is 59.8 Å². The highest BCUT2D eigenvalue weighted by molar-refractivity contribution is 7.99. The second-order valence-electron chi connectivity index (χ2n) is 5.19. The minimum absolute atomic E-state index is 0.148. The molecule has 0 unspecified atom stereocenters. The van der Waals surface area contributed by atoms with Gasteiger partial charge in [0, 0.05) is 15.7 Å². The van der Waals surface area contributed by atoms with Crippen molar-refractivity contribution in [3.8, 4) is 5.69 Å². The molecule has 1 heterocycles. The van der Waals surface area contributed by atoms with Crippen molar-refractivity contribution in [1.29, 1.82) is 0 Å². The SMILES string of the molecule is Cc1nnc(SCC(=O)Nc2cccc(Cl)c2)n1-c1cccc(Cl)c1. The van der Waals surface area contributed by atoms with Crippen LogP contribution in [0.5, 0.6) is 0 Å². The Labute approximate surface area is 159 Å². The molecule has 1 N–H and O–H groups in total. The molecule has 5 nitrogen and oxygen atoms in total. The number of aryl methyl sites for hydroxylation is 1. The van der Waals surface area contributed by atoms with E-state index in [1.165, 1.54) is 11.8 Å². The van der Waals surface area contributed by atoms with E-state index in [-0.39, 0.29) is 11.7 Å². The monoisotopic (exact) mass is 392 g/mol. The third kappa shape index (κ3) is 4.54. The van der Waals surface area contributed by atoms with E-state index in [1.54, 1.807) is 30.3 Å². The number of hydrogen-bond acceptors (Lipinski definition) is 4. The van der Waals surface area contributed by atoms with Gasteiger partial charge in [0.15, 0.2) is 5.16 Å². The molecule has 0 bridgehead atoms. The van der Waals surface area contributed by atoms with Crippen LogP contribution in [-0.2, 0) is 4.79 Å². The second kappa shape index (κ2) is 7.91. The molecule has 0 radical (unpaired) electrons. The van der Waals surface area contributed by atoms with E-state index in [0.717, 1.165) is 11.5 Å². The summed E-state index contributed by atoms with van der Waals surface area (Å²) in [4.78, 5) is 12.2. The Hall–Kier alpha value is -2.02. The molecule has 3 aromatic rings. The molecular formula is C17H14Cl2N4OS. The largest absolute Gasteiger partial charge is 0.325 e. The number of thioether (sulfide) groups is 1. The summed E-state index contributed by atoms with van der Waals surface area (Å²) >= 11 is 13.3. The highest BCUT2D eigenvalue weighted by Crippen LogP contribution is 2.24. The lowest BCUT2D eigenvalue weighted by Gasteiger charge is -2.09. The Bertz CT molecular complexity index is 913. The van der Waals surface area contributed by atoms with Gasteiger partial charge in [-0.2, -0.15) is 0 Å². The normalized spacial score (nSPS) is 10.7. The first-order valence-corrected chi connectivity index (χ1v) is 9.13. The standard InChI is InChI=1S/C17H14Cl2N4OS/c1-11-21-22-17(23(11)15-7-3-5-13(19)9-15)25-10-16(24)20-14-6-2-4-12(18)8-14/h2-9H,10H2,1H3,(H,20,24). The predicted molar refractivity (Wildman–Crippen MR) is 102 cm³/mol. The van der Waals surface area contributed by atoms with Crippen LogP contribution in [0.4, 0.5) is 5.69 Å². The zero-order valence-corrected chi connectivity index (χ0v) is 15.6. The van der Waals surface area contributed by atoms with Gasteiger partial charge in [-0.1, -0.05) is 47.1 Å². The van der Waals surface area contributed by atoms with Crippen LogP contribution < -0.4 is 5.32 Å². The summed E-state index contributed by atoms with van der Waals surface area (Å²) in [6, 6.07) is 14.4. The third-order valence-corrected chi connectivity index (χ3v) is 4.70. The molecule has 0 aliphatic rings. The summed E-state index contributed by atoms with van der Waals surface area (Å²) in [5.41, 5.74) is 1.51. The number of amides is 1. The quantitative estimate of drug-likeness (QED) is 0.643. The number of carbonyl (C=O) groups excluding carboxylic acids is 1. The average Bonchev–Trinajstić information content (AvgIpc) is 2.94. The molecule has 0 saturated carbocycles. The molecule has 8 heteroatoms. The van der Waals surface area contributed by atoms with Crippen molar-refractivity contribution < 1.29 is 4.79 Å². The molecule has 2 aromatic carbocycles. The first kappa shape index (κ1) is 17.8. The zero-order valence-electron chi connectivity index (χ0n) is 13.2. The van der Waals surface area contributed by atoms with Crippen LogP contribution in [-0.4, -0.2) is 26.4 Å². The Kier molecular flexibility index (Phi) is 5.63. The lowest BCUT2D eigenvalue weighted by atomic mass is 10.3. The number of nitrogens with zero attached hydrogens (tertiary/aromatic N) is 3. The van der Waals surface area contributed by atoms with Crippen LogP contribution in [0.15, 0.2) is 53.7 Å². The summed E-state index contributed by atoms with van der Waals surface area (Å²) < 4.78 is 1.86. The first-order valence-electron chi connectivity index (χ1n) is 7.39. The molecule has 128 valence electrons. The summed E-state index contributed by atoms with van der Waals surface area (Å²) in [5, 5.41) is 12.9. The number of hydrogen-bond donors (Lipinski definition) is 1. The second-order valence-corrected chi connectivity index (χ2v) is 7.01. The lowest BCUT2D eigenvalue weighted by Crippen LogP contribution is -2.14. The Balaban J connectivity index is 1.71. The van der Waals surface area contributed by atoms with Gasteiger partial charge in [0.05, 0.1) is 11.4 Å². The number of benzene rings is 2. The van der Waals surface area contributed by atoms with Crippen LogP contribution in [0.25, 0.3) is 5.69 Å². The van der Waals surface area contributed by atoms with Gasteiger partial charge in [-0.3, -0.25) is 9.36 Å². The summed E-state index contributed by atoms with van der Waals surface area (Å²) in [6.07, 6.45) is 0. The number of rotatable bonds is 5. The molecule has 25 heavy (non-hydrogen) atoms. The summed E-state index contributed by atoms with van der Waals surface area (Å²) in [6.45, 7) is 1.85. The highest BCUT2D eigenvalue weighted by Gasteiger charge is 2.13. The van der Waals surface area contributed by atoms with Crippen molar-refractivity contribution in [2.24, 2.45) is 0 Å². The van der Waals surface area contributed by atoms with Crippen LogP contribution >= 0.6 is 35.0 Å². The molecule has 0 atom stereocenters. The van der Waals surface area contributed by atoms with Crippen molar-refractivity contribution in [1.82, 2.24) is 14.8 Å². The number of carbonyl (C=O) groups is 1. The van der Waals surface area contributed by atoms with Crippen molar-refractivity contribution >= 4 is 46.6 Å². The van der Waals surface area contributed by atoms with Crippen molar-refractivity contribution in [3.63, 3.8) is 0 Å².